The number of aromatic nitrogens is 5. The third-order valence-corrected chi connectivity index (χ3v) is 5.09. The number of para-hydroxylation sites is 1. The number of amides is 1. The zero-order valence-electron chi connectivity index (χ0n) is 16.8. The van der Waals surface area contributed by atoms with Gasteiger partial charge in [0.1, 0.15) is 12.7 Å². The number of benzene rings is 2. The lowest BCUT2D eigenvalue weighted by atomic mass is 10.1. The molecule has 1 amide bonds. The van der Waals surface area contributed by atoms with Crippen molar-refractivity contribution >= 4 is 16.8 Å². The molecule has 0 aliphatic carbocycles. The smallest absolute Gasteiger partial charge is 0.261 e. The Morgan fingerprint density at radius 3 is 2.67 bits per heavy atom. The standard InChI is InChI=1S/C22H22N6O2/c1-15-4-3-5-19-21(15)24-14-27(22(19)30)11-10-20(29)26-16(2)17-6-8-18(9-7-17)28-13-23-12-25-28/h3-9,12-14,16H,10-11H2,1-2H3,(H,26,29). The number of hydrogen-bond acceptors (Lipinski definition) is 5. The average Bonchev–Trinajstić information content (AvgIpc) is 3.29. The maximum Gasteiger partial charge on any atom is 0.261 e. The third kappa shape index (κ3) is 3.98. The van der Waals surface area contributed by atoms with Crippen LogP contribution in [0.1, 0.15) is 30.5 Å². The summed E-state index contributed by atoms with van der Waals surface area (Å²) in [6.45, 7) is 4.13. The lowest BCUT2D eigenvalue weighted by Crippen LogP contribution is -2.29. The molecule has 152 valence electrons. The van der Waals surface area contributed by atoms with Crippen LogP contribution in [0.15, 0.2) is 66.2 Å². The first-order valence-electron chi connectivity index (χ1n) is 9.72. The first-order valence-corrected chi connectivity index (χ1v) is 9.72. The molecule has 0 bridgehead atoms. The molecule has 0 spiro atoms. The van der Waals surface area contributed by atoms with Gasteiger partial charge in [0.2, 0.25) is 5.91 Å². The van der Waals surface area contributed by atoms with Gasteiger partial charge < -0.3 is 5.32 Å². The molecule has 1 N–H and O–H groups in total. The highest BCUT2D eigenvalue weighted by Gasteiger charge is 2.12. The minimum Gasteiger partial charge on any atom is -0.350 e. The molecule has 2 heterocycles. The third-order valence-electron chi connectivity index (χ3n) is 5.09. The Bertz CT molecular complexity index is 1230. The van der Waals surface area contributed by atoms with Crippen LogP contribution in [0.5, 0.6) is 0 Å². The van der Waals surface area contributed by atoms with Crippen molar-refractivity contribution in [1.82, 2.24) is 29.6 Å². The SMILES string of the molecule is Cc1cccc2c(=O)n(CCC(=O)NC(C)c3ccc(-n4cncn4)cc3)cnc12. The highest BCUT2D eigenvalue weighted by atomic mass is 16.2. The van der Waals surface area contributed by atoms with Gasteiger partial charge in [0.15, 0.2) is 0 Å². The summed E-state index contributed by atoms with van der Waals surface area (Å²) in [6.07, 6.45) is 4.82. The Labute approximate surface area is 173 Å². The number of nitrogens with one attached hydrogen (secondary N) is 1. The Morgan fingerprint density at radius 1 is 1.13 bits per heavy atom. The van der Waals surface area contributed by atoms with E-state index in [1.165, 1.54) is 17.2 Å². The van der Waals surface area contributed by atoms with Crippen molar-refractivity contribution in [3.05, 3.63) is 82.9 Å². The summed E-state index contributed by atoms with van der Waals surface area (Å²) in [6, 6.07) is 13.1. The predicted octanol–water partition coefficient (Wildman–Crippen LogP) is 2.55. The molecule has 2 aromatic carbocycles. The van der Waals surface area contributed by atoms with Crippen molar-refractivity contribution in [3.8, 4) is 5.69 Å². The van der Waals surface area contributed by atoms with E-state index in [0.717, 1.165) is 16.8 Å². The maximum atomic E-state index is 12.6. The fraction of sp³-hybridized carbons (Fsp3) is 0.227. The van der Waals surface area contributed by atoms with Gasteiger partial charge in [0, 0.05) is 13.0 Å². The maximum absolute atomic E-state index is 12.6. The quantitative estimate of drug-likeness (QED) is 0.535. The van der Waals surface area contributed by atoms with E-state index in [4.69, 9.17) is 0 Å². The monoisotopic (exact) mass is 402 g/mol. The summed E-state index contributed by atoms with van der Waals surface area (Å²) in [5.74, 6) is -0.126. The molecule has 1 atom stereocenters. The van der Waals surface area contributed by atoms with E-state index < -0.39 is 0 Å². The number of fused-ring (bicyclic) bond motifs is 1. The van der Waals surface area contributed by atoms with Crippen molar-refractivity contribution in [2.75, 3.05) is 0 Å². The fourth-order valence-electron chi connectivity index (χ4n) is 3.37. The summed E-state index contributed by atoms with van der Waals surface area (Å²) in [7, 11) is 0. The van der Waals surface area contributed by atoms with E-state index in [1.807, 2.05) is 50.2 Å². The van der Waals surface area contributed by atoms with Crippen LogP contribution in [0, 0.1) is 6.92 Å². The van der Waals surface area contributed by atoms with Crippen molar-refractivity contribution < 1.29 is 4.79 Å². The average molecular weight is 402 g/mol. The van der Waals surface area contributed by atoms with Crippen molar-refractivity contribution in [2.45, 2.75) is 32.9 Å². The van der Waals surface area contributed by atoms with Gasteiger partial charge in [0.25, 0.3) is 5.56 Å². The lowest BCUT2D eigenvalue weighted by molar-refractivity contribution is -0.121. The molecule has 0 radical (unpaired) electrons. The van der Waals surface area contributed by atoms with Crippen molar-refractivity contribution in [1.29, 1.82) is 0 Å². The molecule has 0 fully saturated rings. The first kappa shape index (κ1) is 19.5. The molecule has 0 aliphatic rings. The number of nitrogens with zero attached hydrogens (tertiary/aromatic N) is 5. The summed E-state index contributed by atoms with van der Waals surface area (Å²) in [5.41, 5.74) is 3.40. The first-order chi connectivity index (χ1) is 14.5. The summed E-state index contributed by atoms with van der Waals surface area (Å²) < 4.78 is 3.16. The second-order valence-corrected chi connectivity index (χ2v) is 7.18. The number of carbonyl (C=O) groups excluding carboxylic acids is 1. The van der Waals surface area contributed by atoms with Gasteiger partial charge in [-0.1, -0.05) is 24.3 Å². The molecular formula is C22H22N6O2. The molecule has 0 saturated heterocycles. The van der Waals surface area contributed by atoms with Gasteiger partial charge in [-0.25, -0.2) is 14.6 Å². The molecule has 30 heavy (non-hydrogen) atoms. The molecule has 0 saturated carbocycles. The van der Waals surface area contributed by atoms with Gasteiger partial charge in [-0.05, 0) is 43.2 Å². The van der Waals surface area contributed by atoms with Gasteiger partial charge >= 0.3 is 0 Å². The molecule has 0 aliphatic heterocycles. The molecular weight excluding hydrogens is 380 g/mol. The van der Waals surface area contributed by atoms with Gasteiger partial charge in [-0.2, -0.15) is 5.10 Å². The number of carbonyl (C=O) groups is 1. The summed E-state index contributed by atoms with van der Waals surface area (Å²) in [4.78, 5) is 33.4. The highest BCUT2D eigenvalue weighted by Crippen LogP contribution is 2.15. The van der Waals surface area contributed by atoms with Crippen LogP contribution in [-0.2, 0) is 11.3 Å². The van der Waals surface area contributed by atoms with Crippen molar-refractivity contribution in [2.24, 2.45) is 0 Å². The molecule has 4 aromatic rings. The van der Waals surface area contributed by atoms with Crippen LogP contribution < -0.4 is 10.9 Å². The number of rotatable bonds is 6. The minimum absolute atomic E-state index is 0.126. The van der Waals surface area contributed by atoms with Crippen LogP contribution >= 0.6 is 0 Å². The van der Waals surface area contributed by atoms with E-state index in [0.29, 0.717) is 10.9 Å². The van der Waals surface area contributed by atoms with Crippen LogP contribution in [0.25, 0.3) is 16.6 Å². The second kappa shape index (κ2) is 8.28. The predicted molar refractivity (Wildman–Crippen MR) is 113 cm³/mol. The lowest BCUT2D eigenvalue weighted by Gasteiger charge is -2.15. The number of hydrogen-bond donors (Lipinski definition) is 1. The Hall–Kier alpha value is -3.81. The topological polar surface area (TPSA) is 94.7 Å². The zero-order chi connectivity index (χ0) is 21.1. The van der Waals surface area contributed by atoms with Gasteiger partial charge in [0.05, 0.1) is 29.0 Å². The Morgan fingerprint density at radius 2 is 1.93 bits per heavy atom. The summed E-state index contributed by atoms with van der Waals surface area (Å²) in [5, 5.41) is 7.64. The normalized spacial score (nSPS) is 12.1. The number of aryl methyl sites for hydroxylation is 2. The van der Waals surface area contributed by atoms with Gasteiger partial charge in [-0.3, -0.25) is 14.2 Å². The molecule has 2 aromatic heterocycles. The van der Waals surface area contributed by atoms with Crippen LogP contribution in [0.4, 0.5) is 0 Å². The minimum atomic E-state index is -0.156. The van der Waals surface area contributed by atoms with Crippen molar-refractivity contribution in [3.63, 3.8) is 0 Å². The van der Waals surface area contributed by atoms with E-state index in [-0.39, 0.29) is 30.5 Å². The summed E-state index contributed by atoms with van der Waals surface area (Å²) >= 11 is 0. The Kier molecular flexibility index (Phi) is 5.38. The second-order valence-electron chi connectivity index (χ2n) is 7.18. The zero-order valence-corrected chi connectivity index (χ0v) is 16.8. The van der Waals surface area contributed by atoms with E-state index in [9.17, 15) is 9.59 Å². The van der Waals surface area contributed by atoms with E-state index in [1.54, 1.807) is 17.1 Å². The van der Waals surface area contributed by atoms with E-state index >= 15 is 0 Å². The van der Waals surface area contributed by atoms with Crippen LogP contribution in [-0.4, -0.2) is 30.2 Å². The Balaban J connectivity index is 1.38. The molecule has 8 nitrogen and oxygen atoms in total. The van der Waals surface area contributed by atoms with Crippen LogP contribution in [0.2, 0.25) is 0 Å². The van der Waals surface area contributed by atoms with Crippen LogP contribution in [0.3, 0.4) is 0 Å². The highest BCUT2D eigenvalue weighted by molar-refractivity contribution is 5.80. The molecule has 1 unspecified atom stereocenters. The fourth-order valence-corrected chi connectivity index (χ4v) is 3.37. The molecule has 8 heteroatoms. The molecule has 4 rings (SSSR count). The largest absolute Gasteiger partial charge is 0.350 e. The van der Waals surface area contributed by atoms with E-state index in [2.05, 4.69) is 20.4 Å². The van der Waals surface area contributed by atoms with Gasteiger partial charge in [-0.15, -0.1) is 0 Å².